The molecule has 1 N–H and O–H groups in total. The maximum atomic E-state index is 13.7. The predicted molar refractivity (Wildman–Crippen MR) is 132 cm³/mol. The molecule has 2 aromatic carbocycles. The fourth-order valence-electron chi connectivity index (χ4n) is 4.19. The molecule has 1 heterocycles. The van der Waals surface area contributed by atoms with Gasteiger partial charge in [-0.1, -0.05) is 54.4 Å². The molecule has 1 unspecified atom stereocenters. The molecule has 1 amide bonds. The molecule has 6 nitrogen and oxygen atoms in total. The topological polar surface area (TPSA) is 76.1 Å². The summed E-state index contributed by atoms with van der Waals surface area (Å²) in [5.74, 6) is -0.900. The zero-order valence-corrected chi connectivity index (χ0v) is 21.3. The molecule has 4 atom stereocenters. The molecule has 0 radical (unpaired) electrons. The molecule has 3 rings (SSSR count). The Morgan fingerprint density at radius 2 is 1.79 bits per heavy atom. The van der Waals surface area contributed by atoms with E-state index >= 15 is 0 Å². The van der Waals surface area contributed by atoms with Gasteiger partial charge in [0, 0.05) is 10.0 Å². The van der Waals surface area contributed by atoms with Gasteiger partial charge in [-0.15, -0.1) is 0 Å². The molecule has 184 valence electrons. The number of ether oxygens (including phenoxy) is 2. The Morgan fingerprint density at radius 3 is 2.35 bits per heavy atom. The summed E-state index contributed by atoms with van der Waals surface area (Å²) in [5.41, 5.74) is 0.862. The van der Waals surface area contributed by atoms with E-state index in [9.17, 15) is 14.7 Å². The Hall–Kier alpha value is -2.12. The number of morpholine rings is 1. The van der Waals surface area contributed by atoms with E-state index in [1.54, 1.807) is 49.9 Å². The highest BCUT2D eigenvalue weighted by molar-refractivity contribution is 6.30. The van der Waals surface area contributed by atoms with Crippen LogP contribution in [0.2, 0.25) is 10.0 Å². The molecule has 1 saturated heterocycles. The second-order valence-corrected chi connectivity index (χ2v) is 10.3. The van der Waals surface area contributed by atoms with Crippen LogP contribution in [0.15, 0.2) is 48.5 Å². The second kappa shape index (κ2) is 11.1. The fourth-order valence-corrected chi connectivity index (χ4v) is 4.51. The quantitative estimate of drug-likeness (QED) is 0.500. The van der Waals surface area contributed by atoms with Crippen LogP contribution in [0.5, 0.6) is 0 Å². The Bertz CT molecular complexity index is 1000. The number of aliphatic hydroxyl groups is 1. The van der Waals surface area contributed by atoms with Gasteiger partial charge >= 0.3 is 5.97 Å². The summed E-state index contributed by atoms with van der Waals surface area (Å²) in [6.45, 7) is 6.98. The highest BCUT2D eigenvalue weighted by Gasteiger charge is 2.47. The van der Waals surface area contributed by atoms with Crippen molar-refractivity contribution in [1.82, 2.24) is 4.90 Å². The van der Waals surface area contributed by atoms with Gasteiger partial charge in [-0.05, 0) is 62.6 Å². The lowest BCUT2D eigenvalue weighted by molar-refractivity contribution is -0.188. The first kappa shape index (κ1) is 26.5. The predicted octanol–water partition coefficient (Wildman–Crippen LogP) is 5.51. The Labute approximate surface area is 210 Å². The first-order chi connectivity index (χ1) is 16.0. The van der Waals surface area contributed by atoms with Crippen molar-refractivity contribution in [2.24, 2.45) is 0 Å². The van der Waals surface area contributed by atoms with Gasteiger partial charge in [0.1, 0.15) is 17.8 Å². The van der Waals surface area contributed by atoms with Gasteiger partial charge in [-0.3, -0.25) is 9.59 Å². The van der Waals surface area contributed by atoms with Gasteiger partial charge in [-0.25, -0.2) is 0 Å². The van der Waals surface area contributed by atoms with Crippen LogP contribution in [0.1, 0.15) is 63.8 Å². The molecule has 2 aromatic rings. The maximum Gasteiger partial charge on any atom is 0.309 e. The smallest absolute Gasteiger partial charge is 0.309 e. The van der Waals surface area contributed by atoms with Crippen molar-refractivity contribution in [3.05, 3.63) is 69.7 Å². The number of hydrogen-bond acceptors (Lipinski definition) is 5. The highest BCUT2D eigenvalue weighted by atomic mass is 35.5. The number of rotatable bonds is 7. The lowest BCUT2D eigenvalue weighted by Crippen LogP contribution is -2.56. The van der Waals surface area contributed by atoms with Crippen molar-refractivity contribution in [3.8, 4) is 0 Å². The third-order valence-electron chi connectivity index (χ3n) is 5.66. The number of esters is 1. The summed E-state index contributed by atoms with van der Waals surface area (Å²) in [6.07, 6.45) is -1.42. The zero-order valence-electron chi connectivity index (χ0n) is 19.8. The van der Waals surface area contributed by atoms with Crippen LogP contribution in [0, 0.1) is 0 Å². The van der Waals surface area contributed by atoms with Gasteiger partial charge in [0.25, 0.3) is 5.91 Å². The molecule has 0 aromatic heterocycles. The minimum atomic E-state index is -1.07. The SMILES string of the molecule is CC[C@@H](CO)N1C(=O)[C@@H](CC(=O)OC(C)(C)C)O[C@@H](c2cccc(Cl)c2)C1c1ccc(Cl)cc1. The van der Waals surface area contributed by atoms with Gasteiger partial charge in [0.2, 0.25) is 0 Å². The maximum absolute atomic E-state index is 13.7. The van der Waals surface area contributed by atoms with Crippen LogP contribution in [-0.4, -0.2) is 46.2 Å². The van der Waals surface area contributed by atoms with Gasteiger partial charge in [0.05, 0.1) is 25.1 Å². The highest BCUT2D eigenvalue weighted by Crippen LogP contribution is 2.44. The largest absolute Gasteiger partial charge is 0.460 e. The summed E-state index contributed by atoms with van der Waals surface area (Å²) in [4.78, 5) is 28.0. The van der Waals surface area contributed by atoms with E-state index in [2.05, 4.69) is 0 Å². The van der Waals surface area contributed by atoms with Gasteiger partial charge < -0.3 is 19.5 Å². The van der Waals surface area contributed by atoms with Crippen LogP contribution in [-0.2, 0) is 19.1 Å². The van der Waals surface area contributed by atoms with Crippen molar-refractivity contribution < 1.29 is 24.2 Å². The van der Waals surface area contributed by atoms with Crippen LogP contribution in [0.25, 0.3) is 0 Å². The average molecular weight is 508 g/mol. The molecule has 34 heavy (non-hydrogen) atoms. The van der Waals surface area contributed by atoms with Crippen LogP contribution in [0.4, 0.5) is 0 Å². The molecular weight excluding hydrogens is 477 g/mol. The minimum absolute atomic E-state index is 0.228. The first-order valence-corrected chi connectivity index (χ1v) is 12.1. The second-order valence-electron chi connectivity index (χ2n) is 9.38. The Morgan fingerprint density at radius 1 is 1.12 bits per heavy atom. The number of amides is 1. The molecule has 1 fully saturated rings. The molecule has 1 aliphatic heterocycles. The van der Waals surface area contributed by atoms with E-state index in [0.717, 1.165) is 11.1 Å². The minimum Gasteiger partial charge on any atom is -0.460 e. The number of aliphatic hydroxyl groups excluding tert-OH is 1. The van der Waals surface area contributed by atoms with E-state index in [4.69, 9.17) is 32.7 Å². The molecule has 0 spiro atoms. The van der Waals surface area contributed by atoms with E-state index in [0.29, 0.717) is 16.5 Å². The molecular formula is C26H31Cl2NO5. The number of carbonyl (C=O) groups is 2. The Kier molecular flexibility index (Phi) is 8.63. The van der Waals surface area contributed by atoms with Gasteiger partial charge in [0.15, 0.2) is 0 Å². The number of halogens is 2. The van der Waals surface area contributed by atoms with Crippen LogP contribution >= 0.6 is 23.2 Å². The first-order valence-electron chi connectivity index (χ1n) is 11.3. The van der Waals surface area contributed by atoms with Crippen molar-refractivity contribution in [3.63, 3.8) is 0 Å². The number of hydrogen-bond donors (Lipinski definition) is 1. The van der Waals surface area contributed by atoms with Crippen molar-refractivity contribution in [1.29, 1.82) is 0 Å². The van der Waals surface area contributed by atoms with Crippen molar-refractivity contribution in [2.75, 3.05) is 6.61 Å². The lowest BCUT2D eigenvalue weighted by Gasteiger charge is -2.47. The standard InChI is InChI=1S/C26H31Cl2NO5/c1-5-20(15-30)29-23(16-9-11-18(27)12-10-16)24(17-7-6-8-19(28)13-17)33-21(25(29)32)14-22(31)34-26(2,3)4/h6-13,20-21,23-24,30H,5,14-15H2,1-4H3/t20-,21+,23?,24-/m0/s1. The van der Waals surface area contributed by atoms with Crippen molar-refractivity contribution in [2.45, 2.75) is 70.4 Å². The molecule has 0 aliphatic carbocycles. The molecule has 0 saturated carbocycles. The average Bonchev–Trinajstić information content (AvgIpc) is 2.76. The summed E-state index contributed by atoms with van der Waals surface area (Å²) < 4.78 is 11.8. The normalized spacial score (nSPS) is 21.9. The monoisotopic (exact) mass is 507 g/mol. The summed E-state index contributed by atoms with van der Waals surface area (Å²) in [7, 11) is 0. The van der Waals surface area contributed by atoms with Crippen LogP contribution in [0.3, 0.4) is 0 Å². The molecule has 0 bridgehead atoms. The number of carbonyl (C=O) groups excluding carboxylic acids is 2. The van der Waals surface area contributed by atoms with E-state index in [1.807, 2.05) is 31.2 Å². The third-order valence-corrected chi connectivity index (χ3v) is 6.15. The van der Waals surface area contributed by atoms with Crippen LogP contribution < -0.4 is 0 Å². The third kappa shape index (κ3) is 6.30. The summed E-state index contributed by atoms with van der Waals surface area (Å²) >= 11 is 12.4. The number of benzene rings is 2. The zero-order chi connectivity index (χ0) is 25.0. The summed E-state index contributed by atoms with van der Waals surface area (Å²) in [6, 6.07) is 13.4. The van der Waals surface area contributed by atoms with Gasteiger partial charge in [-0.2, -0.15) is 0 Å². The number of nitrogens with zero attached hydrogens (tertiary/aromatic N) is 1. The molecule has 1 aliphatic rings. The van der Waals surface area contributed by atoms with E-state index in [1.165, 1.54) is 0 Å². The van der Waals surface area contributed by atoms with E-state index < -0.39 is 35.9 Å². The molecule has 8 heteroatoms. The van der Waals surface area contributed by atoms with E-state index in [-0.39, 0.29) is 18.9 Å². The van der Waals surface area contributed by atoms with Crippen molar-refractivity contribution >= 4 is 35.1 Å². The summed E-state index contributed by atoms with van der Waals surface area (Å²) in [5, 5.41) is 11.2. The Balaban J connectivity index is 2.09. The fraction of sp³-hybridized carbons (Fsp3) is 0.462. The lowest BCUT2D eigenvalue weighted by atomic mass is 9.89.